The molecule has 1 fully saturated rings. The summed E-state index contributed by atoms with van der Waals surface area (Å²) in [5.74, 6) is -1.04. The van der Waals surface area contributed by atoms with E-state index in [0.29, 0.717) is 6.54 Å². The van der Waals surface area contributed by atoms with E-state index in [-0.39, 0.29) is 11.8 Å². The van der Waals surface area contributed by atoms with Gasteiger partial charge in [0.1, 0.15) is 0 Å². The van der Waals surface area contributed by atoms with Crippen molar-refractivity contribution in [1.82, 2.24) is 19.9 Å². The van der Waals surface area contributed by atoms with Crippen molar-refractivity contribution < 1.29 is 14.6 Å². The van der Waals surface area contributed by atoms with Gasteiger partial charge < -0.3 is 9.84 Å². The van der Waals surface area contributed by atoms with Gasteiger partial charge in [-0.1, -0.05) is 5.21 Å². The number of carboxylic acids is 1. The number of nitrogens with zero attached hydrogens (tertiary/aromatic N) is 4. The predicted molar refractivity (Wildman–Crippen MR) is 63.5 cm³/mol. The number of carboxylic acid groups (broad SMARTS) is 1. The Morgan fingerprint density at radius 1 is 1.61 bits per heavy atom. The third-order valence-corrected chi connectivity index (χ3v) is 2.94. The third-order valence-electron chi connectivity index (χ3n) is 2.94. The molecule has 100 valence electrons. The smallest absolute Gasteiger partial charge is 0.358 e. The fourth-order valence-corrected chi connectivity index (χ4v) is 2.03. The van der Waals surface area contributed by atoms with Crippen LogP contribution in [0, 0.1) is 0 Å². The zero-order valence-electron chi connectivity index (χ0n) is 10.4. The molecule has 1 saturated heterocycles. The predicted octanol–water partition coefficient (Wildman–Crippen LogP) is 0.0871. The van der Waals surface area contributed by atoms with Gasteiger partial charge in [-0.25, -0.2) is 4.79 Å². The SMILES string of the molecule is CC1CN(CCn2cc(C(=O)O)nn2)CCCO1. The fraction of sp³-hybridized carbons (Fsp3) is 0.727. The van der Waals surface area contributed by atoms with Crippen molar-refractivity contribution in [3.05, 3.63) is 11.9 Å². The standard InChI is InChI=1S/C11H18N4O3/c1-9-7-14(3-2-6-18-9)4-5-15-8-10(11(16)17)12-13-15/h8-9H,2-7H2,1H3,(H,16,17). The molecule has 0 saturated carbocycles. The van der Waals surface area contributed by atoms with Gasteiger partial charge in [-0.15, -0.1) is 5.10 Å². The van der Waals surface area contributed by atoms with Gasteiger partial charge in [0, 0.05) is 26.2 Å². The summed E-state index contributed by atoms with van der Waals surface area (Å²) in [6, 6.07) is 0. The Bertz CT molecular complexity index is 407. The third kappa shape index (κ3) is 3.51. The van der Waals surface area contributed by atoms with Crippen LogP contribution in [0.25, 0.3) is 0 Å². The summed E-state index contributed by atoms with van der Waals surface area (Å²) in [4.78, 5) is 13.0. The van der Waals surface area contributed by atoms with Crippen LogP contribution in [0.2, 0.25) is 0 Å². The maximum Gasteiger partial charge on any atom is 0.358 e. The molecule has 2 heterocycles. The molecule has 1 aromatic heterocycles. The first-order chi connectivity index (χ1) is 8.65. The van der Waals surface area contributed by atoms with Crippen molar-refractivity contribution in [2.75, 3.05) is 26.2 Å². The van der Waals surface area contributed by atoms with Gasteiger partial charge in [0.05, 0.1) is 18.8 Å². The molecule has 0 amide bonds. The number of carbonyl (C=O) groups is 1. The van der Waals surface area contributed by atoms with Crippen molar-refractivity contribution in [2.45, 2.75) is 26.0 Å². The molecule has 1 aliphatic rings. The molecule has 7 heteroatoms. The van der Waals surface area contributed by atoms with E-state index >= 15 is 0 Å². The first-order valence-corrected chi connectivity index (χ1v) is 6.12. The molecule has 1 unspecified atom stereocenters. The van der Waals surface area contributed by atoms with E-state index in [2.05, 4.69) is 22.1 Å². The summed E-state index contributed by atoms with van der Waals surface area (Å²) in [5, 5.41) is 16.1. The Labute approximate surface area is 105 Å². The van der Waals surface area contributed by atoms with Gasteiger partial charge in [-0.2, -0.15) is 0 Å². The van der Waals surface area contributed by atoms with Gasteiger partial charge in [0.25, 0.3) is 0 Å². The number of aromatic nitrogens is 3. The van der Waals surface area contributed by atoms with E-state index < -0.39 is 5.97 Å². The lowest BCUT2D eigenvalue weighted by Crippen LogP contribution is -2.33. The van der Waals surface area contributed by atoms with Crippen molar-refractivity contribution >= 4 is 5.97 Å². The monoisotopic (exact) mass is 254 g/mol. The normalized spacial score (nSPS) is 21.7. The average molecular weight is 254 g/mol. The van der Waals surface area contributed by atoms with Crippen molar-refractivity contribution in [3.63, 3.8) is 0 Å². The highest BCUT2D eigenvalue weighted by Gasteiger charge is 2.15. The van der Waals surface area contributed by atoms with Gasteiger partial charge in [-0.05, 0) is 13.3 Å². The topological polar surface area (TPSA) is 80.5 Å². The minimum atomic E-state index is -1.04. The Hall–Kier alpha value is -1.47. The molecule has 0 radical (unpaired) electrons. The first-order valence-electron chi connectivity index (χ1n) is 6.12. The highest BCUT2D eigenvalue weighted by Crippen LogP contribution is 2.05. The summed E-state index contributed by atoms with van der Waals surface area (Å²) in [6.45, 7) is 6.26. The van der Waals surface area contributed by atoms with Crippen LogP contribution < -0.4 is 0 Å². The lowest BCUT2D eigenvalue weighted by molar-refractivity contribution is 0.0671. The Kier molecular flexibility index (Phi) is 4.27. The van der Waals surface area contributed by atoms with E-state index in [9.17, 15) is 4.79 Å². The molecule has 1 N–H and O–H groups in total. The quantitative estimate of drug-likeness (QED) is 0.820. The van der Waals surface area contributed by atoms with Crippen LogP contribution in [-0.4, -0.2) is 63.3 Å². The molecule has 1 aliphatic heterocycles. The molecule has 0 aliphatic carbocycles. The zero-order valence-corrected chi connectivity index (χ0v) is 10.4. The summed E-state index contributed by atoms with van der Waals surface area (Å²) in [7, 11) is 0. The number of aromatic carboxylic acids is 1. The van der Waals surface area contributed by atoms with E-state index in [1.54, 1.807) is 4.68 Å². The minimum Gasteiger partial charge on any atom is -0.476 e. The molecule has 0 aromatic carbocycles. The second-order valence-electron chi connectivity index (χ2n) is 4.51. The van der Waals surface area contributed by atoms with E-state index in [4.69, 9.17) is 9.84 Å². The highest BCUT2D eigenvalue weighted by atomic mass is 16.5. The van der Waals surface area contributed by atoms with Gasteiger partial charge >= 0.3 is 5.97 Å². The fourth-order valence-electron chi connectivity index (χ4n) is 2.03. The molecular formula is C11H18N4O3. The van der Waals surface area contributed by atoms with Crippen LogP contribution in [-0.2, 0) is 11.3 Å². The number of ether oxygens (including phenoxy) is 1. The number of rotatable bonds is 4. The summed E-state index contributed by atoms with van der Waals surface area (Å²) in [5.41, 5.74) is -0.0115. The molecule has 1 aromatic rings. The van der Waals surface area contributed by atoms with E-state index in [0.717, 1.165) is 32.7 Å². The Morgan fingerprint density at radius 3 is 3.17 bits per heavy atom. The van der Waals surface area contributed by atoms with Crippen molar-refractivity contribution in [2.24, 2.45) is 0 Å². The second kappa shape index (κ2) is 5.92. The Morgan fingerprint density at radius 2 is 2.44 bits per heavy atom. The molecule has 0 bridgehead atoms. The van der Waals surface area contributed by atoms with Gasteiger partial charge in [0.2, 0.25) is 0 Å². The van der Waals surface area contributed by atoms with Crippen LogP contribution in [0.4, 0.5) is 0 Å². The lowest BCUT2D eigenvalue weighted by atomic mass is 10.3. The van der Waals surface area contributed by atoms with Crippen LogP contribution in [0.5, 0.6) is 0 Å². The maximum absolute atomic E-state index is 10.7. The van der Waals surface area contributed by atoms with Gasteiger partial charge in [-0.3, -0.25) is 9.58 Å². The zero-order chi connectivity index (χ0) is 13.0. The molecule has 0 spiro atoms. The molecule has 2 rings (SSSR count). The lowest BCUT2D eigenvalue weighted by Gasteiger charge is -2.21. The molecule has 1 atom stereocenters. The van der Waals surface area contributed by atoms with E-state index in [1.807, 2.05) is 0 Å². The molecule has 18 heavy (non-hydrogen) atoms. The highest BCUT2D eigenvalue weighted by molar-refractivity contribution is 5.84. The minimum absolute atomic E-state index is 0.0115. The van der Waals surface area contributed by atoms with Crippen LogP contribution in [0.15, 0.2) is 6.20 Å². The van der Waals surface area contributed by atoms with Crippen LogP contribution in [0.3, 0.4) is 0 Å². The van der Waals surface area contributed by atoms with E-state index in [1.165, 1.54) is 6.20 Å². The number of hydrogen-bond donors (Lipinski definition) is 1. The first kappa shape index (κ1) is 13.0. The van der Waals surface area contributed by atoms with Crippen LogP contribution >= 0.6 is 0 Å². The largest absolute Gasteiger partial charge is 0.476 e. The second-order valence-corrected chi connectivity index (χ2v) is 4.51. The number of hydrogen-bond acceptors (Lipinski definition) is 5. The van der Waals surface area contributed by atoms with Crippen molar-refractivity contribution in [3.8, 4) is 0 Å². The summed E-state index contributed by atoms with van der Waals surface area (Å²) >= 11 is 0. The van der Waals surface area contributed by atoms with Crippen molar-refractivity contribution in [1.29, 1.82) is 0 Å². The van der Waals surface area contributed by atoms with Crippen LogP contribution in [0.1, 0.15) is 23.8 Å². The molecular weight excluding hydrogens is 236 g/mol. The molecule has 7 nitrogen and oxygen atoms in total. The average Bonchev–Trinajstić information content (AvgIpc) is 2.71. The summed E-state index contributed by atoms with van der Waals surface area (Å²) < 4.78 is 7.14. The summed E-state index contributed by atoms with van der Waals surface area (Å²) in [6.07, 6.45) is 2.74. The Balaban J connectivity index is 1.84. The van der Waals surface area contributed by atoms with Gasteiger partial charge in [0.15, 0.2) is 5.69 Å². The maximum atomic E-state index is 10.7.